The van der Waals surface area contributed by atoms with Gasteiger partial charge in [-0.2, -0.15) is 0 Å². The Balaban J connectivity index is 1.97. The second-order valence-electron chi connectivity index (χ2n) is 5.59. The molecule has 0 atom stereocenters. The zero-order chi connectivity index (χ0) is 15.7. The monoisotopic (exact) mass is 301 g/mol. The number of nitrogens with zero attached hydrogens (tertiary/aromatic N) is 1. The largest absolute Gasteiger partial charge is 0.365 e. The van der Waals surface area contributed by atoms with E-state index in [0.717, 1.165) is 30.7 Å². The van der Waals surface area contributed by atoms with E-state index in [1.54, 1.807) is 0 Å². The average Bonchev–Trinajstić information content (AvgIpc) is 3.04. The maximum Gasteiger partial charge on any atom is 0.317 e. The Morgan fingerprint density at radius 1 is 1.23 bits per heavy atom. The fraction of sp³-hybridized carbons (Fsp3) is 0.333. The van der Waals surface area contributed by atoms with E-state index in [-0.39, 0.29) is 11.4 Å². The molecule has 22 heavy (non-hydrogen) atoms. The number of anilines is 1. The third-order valence-corrected chi connectivity index (χ3v) is 3.96. The van der Waals surface area contributed by atoms with Crippen molar-refractivity contribution in [3.05, 3.63) is 29.3 Å². The van der Waals surface area contributed by atoms with Crippen molar-refractivity contribution in [1.29, 1.82) is 0 Å². The number of nitrogens with one attached hydrogen (secondary N) is 2. The lowest BCUT2D eigenvalue weighted by Crippen LogP contribution is -2.22. The van der Waals surface area contributed by atoms with E-state index in [9.17, 15) is 9.59 Å². The van der Waals surface area contributed by atoms with Crippen LogP contribution in [0.15, 0.2) is 18.2 Å². The number of rotatable bonds is 4. The molecular formula is C15H19N5O2. The number of benzene rings is 1. The molecule has 0 radical (unpaired) electrons. The lowest BCUT2D eigenvalue weighted by Gasteiger charge is -2.14. The highest BCUT2D eigenvalue weighted by Gasteiger charge is 2.18. The first kappa shape index (κ1) is 14.4. The van der Waals surface area contributed by atoms with E-state index < -0.39 is 11.9 Å². The fourth-order valence-electron chi connectivity index (χ4n) is 3.01. The third kappa shape index (κ3) is 2.75. The van der Waals surface area contributed by atoms with E-state index in [0.29, 0.717) is 5.39 Å². The highest BCUT2D eigenvalue weighted by Crippen LogP contribution is 2.27. The van der Waals surface area contributed by atoms with E-state index in [1.165, 1.54) is 12.8 Å². The van der Waals surface area contributed by atoms with Gasteiger partial charge >= 0.3 is 6.03 Å². The van der Waals surface area contributed by atoms with E-state index in [4.69, 9.17) is 11.5 Å². The van der Waals surface area contributed by atoms with Gasteiger partial charge in [-0.3, -0.25) is 15.0 Å². The number of hydrogen-bond donors (Lipinski definition) is 4. The van der Waals surface area contributed by atoms with Crippen molar-refractivity contribution in [3.63, 3.8) is 0 Å². The summed E-state index contributed by atoms with van der Waals surface area (Å²) >= 11 is 0. The number of urea groups is 1. The molecule has 0 bridgehead atoms. The summed E-state index contributed by atoms with van der Waals surface area (Å²) in [5.41, 5.74) is 12.7. The molecule has 1 aliphatic rings. The second kappa shape index (κ2) is 5.69. The molecule has 3 amide bonds. The summed E-state index contributed by atoms with van der Waals surface area (Å²) in [6.07, 6.45) is 2.48. The molecule has 3 rings (SSSR count). The predicted molar refractivity (Wildman–Crippen MR) is 84.5 cm³/mol. The van der Waals surface area contributed by atoms with Gasteiger partial charge in [-0.1, -0.05) is 12.1 Å². The molecule has 2 aromatic rings. The van der Waals surface area contributed by atoms with Crippen LogP contribution in [0, 0.1) is 0 Å². The first-order valence-corrected chi connectivity index (χ1v) is 7.28. The summed E-state index contributed by atoms with van der Waals surface area (Å²) in [6, 6.07) is 5.07. The molecule has 116 valence electrons. The Morgan fingerprint density at radius 2 is 1.95 bits per heavy atom. The van der Waals surface area contributed by atoms with Crippen LogP contribution in [-0.4, -0.2) is 34.9 Å². The maximum atomic E-state index is 11.6. The van der Waals surface area contributed by atoms with Crippen molar-refractivity contribution in [2.24, 2.45) is 11.5 Å². The van der Waals surface area contributed by atoms with Gasteiger partial charge in [-0.25, -0.2) is 4.79 Å². The first-order chi connectivity index (χ1) is 10.5. The quantitative estimate of drug-likeness (QED) is 0.682. The van der Waals surface area contributed by atoms with Crippen molar-refractivity contribution < 1.29 is 9.59 Å². The summed E-state index contributed by atoms with van der Waals surface area (Å²) in [5, 5.41) is 3.09. The molecule has 6 N–H and O–H groups in total. The van der Waals surface area contributed by atoms with Crippen LogP contribution in [-0.2, 0) is 6.54 Å². The number of carbonyl (C=O) groups is 2. The molecule has 0 aliphatic carbocycles. The zero-order valence-electron chi connectivity index (χ0n) is 12.2. The highest BCUT2D eigenvalue weighted by molar-refractivity contribution is 6.12. The fourth-order valence-corrected chi connectivity index (χ4v) is 3.01. The van der Waals surface area contributed by atoms with Crippen LogP contribution < -0.4 is 16.8 Å². The smallest absolute Gasteiger partial charge is 0.317 e. The molecular weight excluding hydrogens is 282 g/mol. The molecule has 2 heterocycles. The Bertz CT molecular complexity index is 731. The number of amides is 3. The van der Waals surface area contributed by atoms with Crippen molar-refractivity contribution in [3.8, 4) is 0 Å². The van der Waals surface area contributed by atoms with E-state index in [1.807, 2.05) is 18.2 Å². The Labute approximate surface area is 127 Å². The molecule has 0 saturated carbocycles. The minimum absolute atomic E-state index is 0.244. The number of aromatic amines is 1. The zero-order valence-corrected chi connectivity index (χ0v) is 12.2. The third-order valence-electron chi connectivity index (χ3n) is 3.96. The topological polar surface area (TPSA) is 117 Å². The van der Waals surface area contributed by atoms with Crippen molar-refractivity contribution in [1.82, 2.24) is 9.88 Å². The van der Waals surface area contributed by atoms with Gasteiger partial charge in [-0.05, 0) is 37.6 Å². The molecule has 1 aromatic heterocycles. The van der Waals surface area contributed by atoms with Crippen molar-refractivity contribution >= 4 is 28.7 Å². The first-order valence-electron chi connectivity index (χ1n) is 7.28. The van der Waals surface area contributed by atoms with Crippen LogP contribution >= 0.6 is 0 Å². The van der Waals surface area contributed by atoms with Crippen LogP contribution in [0.25, 0.3) is 10.9 Å². The predicted octanol–water partition coefficient (Wildman–Crippen LogP) is 1.35. The van der Waals surface area contributed by atoms with E-state index in [2.05, 4.69) is 15.2 Å². The normalized spacial score (nSPS) is 15.3. The number of carbonyl (C=O) groups excluding carboxylic acids is 2. The Hall–Kier alpha value is -2.54. The lowest BCUT2D eigenvalue weighted by molar-refractivity contribution is 0.100. The van der Waals surface area contributed by atoms with E-state index >= 15 is 0 Å². The van der Waals surface area contributed by atoms with Crippen LogP contribution in [0.5, 0.6) is 0 Å². The number of aromatic nitrogens is 1. The molecule has 1 saturated heterocycles. The molecule has 7 heteroatoms. The van der Waals surface area contributed by atoms with Crippen LogP contribution in [0.4, 0.5) is 10.6 Å². The van der Waals surface area contributed by atoms with Crippen molar-refractivity contribution in [2.45, 2.75) is 19.4 Å². The number of likely N-dealkylation sites (tertiary alicyclic amines) is 1. The van der Waals surface area contributed by atoms with Gasteiger partial charge in [-0.15, -0.1) is 0 Å². The summed E-state index contributed by atoms with van der Waals surface area (Å²) in [4.78, 5) is 28.1. The minimum Gasteiger partial charge on any atom is -0.365 e. The number of hydrogen-bond acceptors (Lipinski definition) is 3. The maximum absolute atomic E-state index is 11.6. The van der Waals surface area contributed by atoms with Gasteiger partial charge in [0.1, 0.15) is 5.82 Å². The van der Waals surface area contributed by atoms with Gasteiger partial charge in [0.25, 0.3) is 5.91 Å². The van der Waals surface area contributed by atoms with Gasteiger partial charge in [0.2, 0.25) is 0 Å². The lowest BCUT2D eigenvalue weighted by atomic mass is 10.1. The number of nitrogens with two attached hydrogens (primary N) is 2. The standard InChI is InChI=1S/C15H19N5O2/c16-13(21)12-10-4-3-9(8-20-5-1-2-6-20)7-11(10)18-14(12)19-15(17)22/h3-4,7,18H,1-2,5-6,8H2,(H2,16,21)(H3,17,19,22). The van der Waals surface area contributed by atoms with Crippen LogP contribution in [0.1, 0.15) is 28.8 Å². The molecule has 0 unspecified atom stereocenters. The minimum atomic E-state index is -0.744. The molecule has 0 spiro atoms. The van der Waals surface area contributed by atoms with Gasteiger partial charge in [0, 0.05) is 17.4 Å². The SMILES string of the molecule is NC(=O)Nc1[nH]c2cc(CN3CCCC3)ccc2c1C(N)=O. The van der Waals surface area contributed by atoms with Gasteiger partial charge in [0.05, 0.1) is 5.56 Å². The summed E-state index contributed by atoms with van der Waals surface area (Å²) in [7, 11) is 0. The molecule has 1 fully saturated rings. The number of fused-ring (bicyclic) bond motifs is 1. The summed E-state index contributed by atoms with van der Waals surface area (Å²) in [5.74, 6) is -0.365. The van der Waals surface area contributed by atoms with Crippen molar-refractivity contribution in [2.75, 3.05) is 18.4 Å². The van der Waals surface area contributed by atoms with Crippen LogP contribution in [0.3, 0.4) is 0 Å². The van der Waals surface area contributed by atoms with Gasteiger partial charge < -0.3 is 16.5 Å². The Morgan fingerprint density at radius 3 is 2.59 bits per heavy atom. The molecule has 7 nitrogen and oxygen atoms in total. The Kier molecular flexibility index (Phi) is 3.72. The highest BCUT2D eigenvalue weighted by atomic mass is 16.2. The van der Waals surface area contributed by atoms with Crippen LogP contribution in [0.2, 0.25) is 0 Å². The van der Waals surface area contributed by atoms with Gasteiger partial charge in [0.15, 0.2) is 0 Å². The number of H-pyrrole nitrogens is 1. The second-order valence-corrected chi connectivity index (χ2v) is 5.59. The number of primary amides is 2. The molecule has 1 aromatic carbocycles. The molecule has 1 aliphatic heterocycles. The summed E-state index contributed by atoms with van der Waals surface area (Å²) in [6.45, 7) is 3.10. The average molecular weight is 301 g/mol. The summed E-state index contributed by atoms with van der Waals surface area (Å²) < 4.78 is 0.